The monoisotopic (exact) mass is 569 g/mol. The van der Waals surface area contributed by atoms with Crippen molar-refractivity contribution in [3.05, 3.63) is 87.6 Å². The lowest BCUT2D eigenvalue weighted by Crippen LogP contribution is -2.31. The van der Waals surface area contributed by atoms with E-state index in [9.17, 15) is 18.0 Å². The van der Waals surface area contributed by atoms with Crippen molar-refractivity contribution in [2.45, 2.75) is 32.5 Å². The van der Waals surface area contributed by atoms with Gasteiger partial charge >= 0.3 is 6.18 Å². The first kappa shape index (κ1) is 27.1. The predicted molar refractivity (Wildman–Crippen MR) is 145 cm³/mol. The second-order valence-electron chi connectivity index (χ2n) is 9.55. The summed E-state index contributed by atoms with van der Waals surface area (Å²) >= 11 is 6.46. The predicted octanol–water partition coefficient (Wildman–Crippen LogP) is 5.38. The minimum Gasteiger partial charge on any atom is -0.372 e. The van der Waals surface area contributed by atoms with Crippen LogP contribution in [0, 0.1) is 6.92 Å². The van der Waals surface area contributed by atoms with E-state index in [-0.39, 0.29) is 22.3 Å². The highest BCUT2D eigenvalue weighted by Gasteiger charge is 2.34. The Morgan fingerprint density at radius 1 is 1.02 bits per heavy atom. The normalized spacial score (nSPS) is 12.1. The van der Waals surface area contributed by atoms with E-state index in [1.54, 1.807) is 44.6 Å². The molecule has 5 aromatic rings. The number of aromatic nitrogens is 7. The molecular formula is C26H23ClF3N9O. The zero-order valence-corrected chi connectivity index (χ0v) is 22.5. The summed E-state index contributed by atoms with van der Waals surface area (Å²) in [5, 5.41) is 10.9. The summed E-state index contributed by atoms with van der Waals surface area (Å²) in [5.41, 5.74) is 0.122. The molecule has 0 atom stereocenters. The summed E-state index contributed by atoms with van der Waals surface area (Å²) in [6.45, 7) is 5.41. The fourth-order valence-corrected chi connectivity index (χ4v) is 4.24. The van der Waals surface area contributed by atoms with Gasteiger partial charge in [-0.25, -0.2) is 19.6 Å². The number of hydrogen-bond donors (Lipinski definition) is 2. The Bertz CT molecular complexity index is 1780. The molecule has 4 aromatic heterocycles. The summed E-state index contributed by atoms with van der Waals surface area (Å²) < 4.78 is 41.6. The van der Waals surface area contributed by atoms with E-state index in [1.807, 2.05) is 19.9 Å². The molecule has 206 valence electrons. The van der Waals surface area contributed by atoms with Crippen molar-refractivity contribution in [3.8, 4) is 5.95 Å². The molecule has 0 unspecified atom stereocenters. The van der Waals surface area contributed by atoms with E-state index in [4.69, 9.17) is 11.6 Å². The molecular weight excluding hydrogens is 547 g/mol. The molecule has 5 rings (SSSR count). The first-order valence-corrected chi connectivity index (χ1v) is 12.3. The van der Waals surface area contributed by atoms with Gasteiger partial charge in [-0.1, -0.05) is 11.6 Å². The SMILES string of the molecule is Cc1nc(-n2ccc(C(F)(F)F)n2)nc(Nc2ccc3c(c2)c(NC(C)(C)c2ncccn2)cc(=O)n3C)c1Cl. The van der Waals surface area contributed by atoms with Crippen LogP contribution < -0.4 is 16.2 Å². The third kappa shape index (κ3) is 5.19. The number of nitrogens with one attached hydrogen (secondary N) is 2. The molecule has 0 amide bonds. The van der Waals surface area contributed by atoms with Crippen LogP contribution in [0.25, 0.3) is 16.9 Å². The second-order valence-corrected chi connectivity index (χ2v) is 9.93. The minimum absolute atomic E-state index is 0.0879. The van der Waals surface area contributed by atoms with Gasteiger partial charge in [0.15, 0.2) is 17.3 Å². The van der Waals surface area contributed by atoms with Gasteiger partial charge in [-0.05, 0) is 51.1 Å². The van der Waals surface area contributed by atoms with Gasteiger partial charge in [0.2, 0.25) is 0 Å². The van der Waals surface area contributed by atoms with Crippen LogP contribution in [-0.2, 0) is 18.8 Å². The fraction of sp³-hybridized carbons (Fsp3) is 0.231. The fourth-order valence-electron chi connectivity index (χ4n) is 4.11. The Hall–Kier alpha value is -4.52. The molecule has 4 heterocycles. The number of fused-ring (bicyclic) bond motifs is 1. The number of benzene rings is 1. The smallest absolute Gasteiger partial charge is 0.372 e. The van der Waals surface area contributed by atoms with Crippen molar-refractivity contribution in [1.29, 1.82) is 0 Å². The number of pyridine rings is 1. The van der Waals surface area contributed by atoms with E-state index < -0.39 is 17.4 Å². The molecule has 0 aliphatic rings. The Balaban J connectivity index is 1.55. The van der Waals surface area contributed by atoms with Crippen molar-refractivity contribution in [1.82, 2.24) is 34.3 Å². The Kier molecular flexibility index (Phi) is 6.70. The third-order valence-corrected chi connectivity index (χ3v) is 6.62. The maximum atomic E-state index is 13.1. The molecule has 0 spiro atoms. The molecule has 0 aliphatic heterocycles. The molecule has 2 N–H and O–H groups in total. The molecule has 0 bridgehead atoms. The van der Waals surface area contributed by atoms with E-state index in [0.717, 1.165) is 16.9 Å². The Morgan fingerprint density at radius 3 is 2.42 bits per heavy atom. The molecule has 0 fully saturated rings. The largest absolute Gasteiger partial charge is 0.435 e. The van der Waals surface area contributed by atoms with Crippen LogP contribution in [-0.4, -0.2) is 34.3 Å². The van der Waals surface area contributed by atoms with Crippen LogP contribution in [0.3, 0.4) is 0 Å². The van der Waals surface area contributed by atoms with Gasteiger partial charge in [0.05, 0.1) is 16.7 Å². The number of aryl methyl sites for hydroxylation is 2. The molecule has 0 saturated heterocycles. The van der Waals surface area contributed by atoms with Crippen molar-refractivity contribution < 1.29 is 13.2 Å². The van der Waals surface area contributed by atoms with Crippen LogP contribution in [0.15, 0.2) is 59.8 Å². The van der Waals surface area contributed by atoms with Crippen LogP contribution >= 0.6 is 11.6 Å². The third-order valence-electron chi connectivity index (χ3n) is 6.17. The van der Waals surface area contributed by atoms with Crippen LogP contribution in [0.2, 0.25) is 5.02 Å². The first-order valence-electron chi connectivity index (χ1n) is 12.0. The maximum Gasteiger partial charge on any atom is 0.435 e. The lowest BCUT2D eigenvalue weighted by Gasteiger charge is -2.27. The van der Waals surface area contributed by atoms with E-state index in [1.165, 1.54) is 10.6 Å². The van der Waals surface area contributed by atoms with Gasteiger partial charge in [0, 0.05) is 48.5 Å². The van der Waals surface area contributed by atoms with Crippen molar-refractivity contribution >= 4 is 39.7 Å². The summed E-state index contributed by atoms with van der Waals surface area (Å²) in [5.74, 6) is 0.626. The molecule has 14 heteroatoms. The van der Waals surface area contributed by atoms with Gasteiger partial charge in [-0.3, -0.25) is 4.79 Å². The van der Waals surface area contributed by atoms with E-state index in [2.05, 4.69) is 35.7 Å². The molecule has 0 aliphatic carbocycles. The molecule has 10 nitrogen and oxygen atoms in total. The van der Waals surface area contributed by atoms with Crippen LogP contribution in [0.1, 0.15) is 31.1 Å². The van der Waals surface area contributed by atoms with Crippen molar-refractivity contribution in [3.63, 3.8) is 0 Å². The highest BCUT2D eigenvalue weighted by atomic mass is 35.5. The van der Waals surface area contributed by atoms with Gasteiger partial charge in [-0.15, -0.1) is 0 Å². The molecule has 0 saturated carbocycles. The molecule has 0 radical (unpaired) electrons. The summed E-state index contributed by atoms with van der Waals surface area (Å²) in [7, 11) is 1.67. The van der Waals surface area contributed by atoms with Gasteiger partial charge < -0.3 is 15.2 Å². The van der Waals surface area contributed by atoms with Crippen LogP contribution in [0.5, 0.6) is 0 Å². The zero-order chi connectivity index (χ0) is 28.8. The average Bonchev–Trinajstić information content (AvgIpc) is 3.41. The van der Waals surface area contributed by atoms with Gasteiger partial charge in [0.25, 0.3) is 11.5 Å². The van der Waals surface area contributed by atoms with E-state index >= 15 is 0 Å². The Labute approximate surface area is 230 Å². The Morgan fingerprint density at radius 2 is 1.75 bits per heavy atom. The number of nitrogens with zero attached hydrogens (tertiary/aromatic N) is 7. The average molecular weight is 570 g/mol. The zero-order valence-electron chi connectivity index (χ0n) is 21.7. The lowest BCUT2D eigenvalue weighted by molar-refractivity contribution is -0.141. The topological polar surface area (TPSA) is 115 Å². The molecule has 1 aromatic carbocycles. The number of anilines is 3. The number of hydrogen-bond acceptors (Lipinski definition) is 8. The van der Waals surface area contributed by atoms with Crippen molar-refractivity contribution in [2.75, 3.05) is 10.6 Å². The second kappa shape index (κ2) is 9.90. The number of halogens is 4. The number of alkyl halides is 3. The summed E-state index contributed by atoms with van der Waals surface area (Å²) in [4.78, 5) is 29.9. The van der Waals surface area contributed by atoms with Crippen LogP contribution in [0.4, 0.5) is 30.4 Å². The van der Waals surface area contributed by atoms with Crippen molar-refractivity contribution in [2.24, 2.45) is 7.05 Å². The van der Waals surface area contributed by atoms with E-state index in [0.29, 0.717) is 33.8 Å². The molecule has 40 heavy (non-hydrogen) atoms. The quantitative estimate of drug-likeness (QED) is 0.280. The highest BCUT2D eigenvalue weighted by molar-refractivity contribution is 6.33. The summed E-state index contributed by atoms with van der Waals surface area (Å²) in [6, 6.07) is 9.36. The number of rotatable bonds is 6. The van der Waals surface area contributed by atoms with Gasteiger partial charge in [0.1, 0.15) is 5.02 Å². The minimum atomic E-state index is -4.61. The first-order chi connectivity index (χ1) is 18.8. The van der Waals surface area contributed by atoms with Gasteiger partial charge in [-0.2, -0.15) is 23.3 Å². The highest BCUT2D eigenvalue weighted by Crippen LogP contribution is 2.33. The summed E-state index contributed by atoms with van der Waals surface area (Å²) in [6.07, 6.45) is -0.191. The maximum absolute atomic E-state index is 13.1. The standard InChI is InChI=1S/C26H23ClF3N9O/c1-14-21(27)22(35-24(33-14)39-11-8-19(37-39)26(28,29)30)34-15-6-7-18-16(12-15)17(13-20(40)38(18)4)36-25(2,3)23-31-9-5-10-32-23/h5-13,36H,1-4H3,(H,33,34,35). The lowest BCUT2D eigenvalue weighted by atomic mass is 10.0.